The third-order valence-electron chi connectivity index (χ3n) is 4.87. The number of aliphatic hydroxyl groups excluding tert-OH is 1. The first-order chi connectivity index (χ1) is 16.0. The maximum atomic E-state index is 12.6. The Labute approximate surface area is 189 Å². The first-order valence-corrected chi connectivity index (χ1v) is 10.1. The highest BCUT2D eigenvalue weighted by molar-refractivity contribution is 5.91. The van der Waals surface area contributed by atoms with Crippen LogP contribution in [-0.2, 0) is 18.9 Å². The summed E-state index contributed by atoms with van der Waals surface area (Å²) in [4.78, 5) is 37.5. The van der Waals surface area contributed by atoms with Gasteiger partial charge in [0.25, 0.3) is 0 Å². The minimum Gasteiger partial charge on any atom is -0.449 e. The van der Waals surface area contributed by atoms with Crippen LogP contribution in [0.15, 0.2) is 91.0 Å². The molecule has 1 heterocycles. The summed E-state index contributed by atoms with van der Waals surface area (Å²) < 4.78 is 21.5. The second-order valence-corrected chi connectivity index (χ2v) is 7.14. The summed E-state index contributed by atoms with van der Waals surface area (Å²) in [5.41, 5.74) is 0.687. The summed E-state index contributed by atoms with van der Waals surface area (Å²) in [6, 6.07) is 24.3. The number of benzene rings is 3. The fraction of sp³-hybridized carbons (Fsp3) is 0.160. The molecule has 0 aliphatic carbocycles. The Kier molecular flexibility index (Phi) is 6.77. The fourth-order valence-corrected chi connectivity index (χ4v) is 3.19. The molecule has 0 bridgehead atoms. The SMILES string of the molecule is O=C(O[C@H]1O[C@H](OC(=O)c2ccccc2)[C@@H](OC(=O)c2ccccc2)[C@H]1O)c1ccccc1. The van der Waals surface area contributed by atoms with E-state index >= 15 is 0 Å². The van der Waals surface area contributed by atoms with E-state index in [2.05, 4.69) is 0 Å². The number of ether oxygens (including phenoxy) is 4. The summed E-state index contributed by atoms with van der Waals surface area (Å²) in [5.74, 6) is -2.29. The van der Waals surface area contributed by atoms with Crippen LogP contribution in [0.25, 0.3) is 0 Å². The highest BCUT2D eigenvalue weighted by atomic mass is 16.8. The summed E-state index contributed by atoms with van der Waals surface area (Å²) in [5, 5.41) is 10.7. The van der Waals surface area contributed by atoms with Gasteiger partial charge in [0.2, 0.25) is 12.6 Å². The molecule has 0 unspecified atom stereocenters. The van der Waals surface area contributed by atoms with E-state index in [0.29, 0.717) is 0 Å². The van der Waals surface area contributed by atoms with E-state index in [-0.39, 0.29) is 16.7 Å². The average Bonchev–Trinajstić information content (AvgIpc) is 3.14. The summed E-state index contributed by atoms with van der Waals surface area (Å²) >= 11 is 0. The van der Waals surface area contributed by atoms with Crippen LogP contribution >= 0.6 is 0 Å². The van der Waals surface area contributed by atoms with Gasteiger partial charge >= 0.3 is 17.9 Å². The van der Waals surface area contributed by atoms with E-state index in [4.69, 9.17) is 18.9 Å². The topological polar surface area (TPSA) is 108 Å². The molecule has 1 saturated heterocycles. The Hall–Kier alpha value is -4.01. The van der Waals surface area contributed by atoms with Gasteiger partial charge in [-0.1, -0.05) is 54.6 Å². The van der Waals surface area contributed by atoms with Crippen molar-refractivity contribution in [3.05, 3.63) is 108 Å². The number of esters is 3. The zero-order valence-electron chi connectivity index (χ0n) is 17.3. The van der Waals surface area contributed by atoms with Gasteiger partial charge in [0.15, 0.2) is 12.2 Å². The molecule has 3 aromatic rings. The van der Waals surface area contributed by atoms with E-state index in [1.54, 1.807) is 54.6 Å². The van der Waals surface area contributed by atoms with Crippen LogP contribution in [0.2, 0.25) is 0 Å². The second kappa shape index (κ2) is 10.1. The van der Waals surface area contributed by atoms with Crippen molar-refractivity contribution in [3.8, 4) is 0 Å². The van der Waals surface area contributed by atoms with Crippen molar-refractivity contribution in [2.24, 2.45) is 0 Å². The quantitative estimate of drug-likeness (QED) is 0.453. The largest absolute Gasteiger partial charge is 0.449 e. The number of rotatable bonds is 6. The van der Waals surface area contributed by atoms with Crippen LogP contribution in [0, 0.1) is 0 Å². The van der Waals surface area contributed by atoms with Crippen LogP contribution < -0.4 is 0 Å². The van der Waals surface area contributed by atoms with Gasteiger partial charge in [-0.25, -0.2) is 14.4 Å². The number of hydrogen-bond donors (Lipinski definition) is 1. The average molecular weight is 448 g/mol. The van der Waals surface area contributed by atoms with Crippen molar-refractivity contribution in [1.29, 1.82) is 0 Å². The fourth-order valence-electron chi connectivity index (χ4n) is 3.19. The van der Waals surface area contributed by atoms with Crippen molar-refractivity contribution < 1.29 is 38.4 Å². The Balaban J connectivity index is 1.52. The number of aliphatic hydroxyl groups is 1. The third kappa shape index (κ3) is 5.25. The molecule has 1 N–H and O–H groups in total. The van der Waals surface area contributed by atoms with Crippen molar-refractivity contribution in [1.82, 2.24) is 0 Å². The monoisotopic (exact) mass is 448 g/mol. The maximum Gasteiger partial charge on any atom is 0.340 e. The molecule has 0 saturated carbocycles. The molecule has 1 fully saturated rings. The summed E-state index contributed by atoms with van der Waals surface area (Å²) in [7, 11) is 0. The lowest BCUT2D eigenvalue weighted by Gasteiger charge is -2.20. The van der Waals surface area contributed by atoms with Crippen molar-refractivity contribution >= 4 is 17.9 Å². The van der Waals surface area contributed by atoms with Crippen LogP contribution in [0.5, 0.6) is 0 Å². The standard InChI is InChI=1S/C25H20O8/c26-19-20(30-21(27)16-10-4-1-5-11-16)25(32-23(29)18-14-8-3-9-15-18)33-24(19)31-22(28)17-12-6-2-7-13-17/h1-15,19-20,24-26H/t19-,20+,24+,25+/m1/s1. The third-order valence-corrected chi connectivity index (χ3v) is 4.87. The van der Waals surface area contributed by atoms with E-state index in [0.717, 1.165) is 0 Å². The zero-order chi connectivity index (χ0) is 23.2. The van der Waals surface area contributed by atoms with Gasteiger partial charge in [0.1, 0.15) is 0 Å². The maximum absolute atomic E-state index is 12.6. The molecule has 8 nitrogen and oxygen atoms in total. The van der Waals surface area contributed by atoms with Gasteiger partial charge in [-0.3, -0.25) is 4.74 Å². The molecule has 33 heavy (non-hydrogen) atoms. The first-order valence-electron chi connectivity index (χ1n) is 10.1. The molecule has 1 aliphatic heterocycles. The van der Waals surface area contributed by atoms with Crippen LogP contribution in [-0.4, -0.2) is 47.8 Å². The van der Waals surface area contributed by atoms with Crippen LogP contribution in [0.3, 0.4) is 0 Å². The normalized spacial score (nSPS) is 21.7. The molecule has 168 valence electrons. The predicted molar refractivity (Wildman–Crippen MR) is 114 cm³/mol. The van der Waals surface area contributed by atoms with Gasteiger partial charge in [-0.05, 0) is 36.4 Å². The first kappa shape index (κ1) is 22.2. The highest BCUT2D eigenvalue weighted by Gasteiger charge is 2.51. The second-order valence-electron chi connectivity index (χ2n) is 7.14. The minimum absolute atomic E-state index is 0.225. The summed E-state index contributed by atoms with van der Waals surface area (Å²) in [6.07, 6.45) is -6.06. The lowest BCUT2D eigenvalue weighted by atomic mass is 10.2. The number of carbonyl (C=O) groups excluding carboxylic acids is 3. The lowest BCUT2D eigenvalue weighted by Crippen LogP contribution is -2.39. The number of hydrogen-bond acceptors (Lipinski definition) is 8. The summed E-state index contributed by atoms with van der Waals surface area (Å²) in [6.45, 7) is 0. The van der Waals surface area contributed by atoms with Crippen molar-refractivity contribution in [3.63, 3.8) is 0 Å². The molecule has 4 rings (SSSR count). The predicted octanol–water partition coefficient (Wildman–Crippen LogP) is 2.97. The van der Waals surface area contributed by atoms with Gasteiger partial charge in [0.05, 0.1) is 16.7 Å². The zero-order valence-corrected chi connectivity index (χ0v) is 17.3. The Bertz CT molecular complexity index is 1100. The molecule has 4 atom stereocenters. The van der Waals surface area contributed by atoms with Gasteiger partial charge in [0, 0.05) is 0 Å². The van der Waals surface area contributed by atoms with E-state index < -0.39 is 42.7 Å². The van der Waals surface area contributed by atoms with Gasteiger partial charge < -0.3 is 19.3 Å². The Morgan fingerprint density at radius 3 is 1.36 bits per heavy atom. The molecular formula is C25H20O8. The van der Waals surface area contributed by atoms with Gasteiger partial charge in [-0.2, -0.15) is 0 Å². The van der Waals surface area contributed by atoms with Crippen molar-refractivity contribution in [2.45, 2.75) is 24.8 Å². The van der Waals surface area contributed by atoms with Gasteiger partial charge in [-0.15, -0.1) is 0 Å². The van der Waals surface area contributed by atoms with E-state index in [1.165, 1.54) is 36.4 Å². The lowest BCUT2D eigenvalue weighted by molar-refractivity contribution is -0.185. The van der Waals surface area contributed by atoms with Crippen molar-refractivity contribution in [2.75, 3.05) is 0 Å². The smallest absolute Gasteiger partial charge is 0.340 e. The Morgan fingerprint density at radius 1 is 0.576 bits per heavy atom. The highest BCUT2D eigenvalue weighted by Crippen LogP contribution is 2.28. The molecule has 0 amide bonds. The molecule has 0 aromatic heterocycles. The minimum atomic E-state index is -1.60. The number of carbonyl (C=O) groups is 3. The molecule has 8 heteroatoms. The molecule has 1 aliphatic rings. The molecule has 0 spiro atoms. The van der Waals surface area contributed by atoms with Crippen LogP contribution in [0.4, 0.5) is 0 Å². The molecular weight excluding hydrogens is 428 g/mol. The molecule has 3 aromatic carbocycles. The van der Waals surface area contributed by atoms with E-state index in [9.17, 15) is 19.5 Å². The van der Waals surface area contributed by atoms with Crippen LogP contribution in [0.1, 0.15) is 31.1 Å². The molecule has 0 radical (unpaired) electrons. The Morgan fingerprint density at radius 2 is 0.939 bits per heavy atom. The van der Waals surface area contributed by atoms with E-state index in [1.807, 2.05) is 0 Å².